The monoisotopic (exact) mass is 307 g/mol. The van der Waals surface area contributed by atoms with E-state index in [1.165, 1.54) is 0 Å². The highest BCUT2D eigenvalue weighted by Crippen LogP contribution is 2.23. The normalized spacial score (nSPS) is 10.5. The summed E-state index contributed by atoms with van der Waals surface area (Å²) in [5.41, 5.74) is 2.80. The van der Waals surface area contributed by atoms with E-state index in [9.17, 15) is 13.6 Å². The number of carbonyl (C=O) groups excluding carboxylic acids is 1. The number of thioether (sulfide) groups is 1. The molecular formula is C16H15F2NOS. The minimum absolute atomic E-state index is 0.0215. The molecule has 1 amide bonds. The molecule has 1 N–H and O–H groups in total. The molecule has 21 heavy (non-hydrogen) atoms. The van der Waals surface area contributed by atoms with Gasteiger partial charge in [0.1, 0.15) is 11.6 Å². The molecule has 0 aliphatic carbocycles. The summed E-state index contributed by atoms with van der Waals surface area (Å²) in [7, 11) is 0. The number of amides is 1. The third-order valence-electron chi connectivity index (χ3n) is 2.91. The lowest BCUT2D eigenvalue weighted by Crippen LogP contribution is -2.15. The predicted octanol–water partition coefficient (Wildman–Crippen LogP) is 4.31. The summed E-state index contributed by atoms with van der Waals surface area (Å²) in [6.45, 7) is 3.88. The molecule has 2 nitrogen and oxygen atoms in total. The SMILES string of the molecule is Cc1ccc(NC(=O)CSc2cc(F)ccc2F)c(C)c1. The highest BCUT2D eigenvalue weighted by atomic mass is 32.2. The van der Waals surface area contributed by atoms with Crippen molar-refractivity contribution in [1.29, 1.82) is 0 Å². The van der Waals surface area contributed by atoms with E-state index in [0.717, 1.165) is 46.8 Å². The fourth-order valence-electron chi connectivity index (χ4n) is 1.87. The molecule has 2 aromatic carbocycles. The molecule has 110 valence electrons. The van der Waals surface area contributed by atoms with E-state index in [1.54, 1.807) is 0 Å². The summed E-state index contributed by atoms with van der Waals surface area (Å²) in [5, 5.41) is 2.77. The number of hydrogen-bond donors (Lipinski definition) is 1. The second-order valence-electron chi connectivity index (χ2n) is 4.73. The quantitative estimate of drug-likeness (QED) is 0.853. The fraction of sp³-hybridized carbons (Fsp3) is 0.188. The molecule has 0 aliphatic rings. The van der Waals surface area contributed by atoms with Crippen LogP contribution in [0.15, 0.2) is 41.3 Å². The summed E-state index contributed by atoms with van der Waals surface area (Å²) in [6.07, 6.45) is 0. The predicted molar refractivity (Wildman–Crippen MR) is 81.6 cm³/mol. The van der Waals surface area contributed by atoms with Gasteiger partial charge in [0.25, 0.3) is 0 Å². The van der Waals surface area contributed by atoms with Gasteiger partial charge in [-0.3, -0.25) is 4.79 Å². The average molecular weight is 307 g/mol. The molecule has 0 saturated carbocycles. The standard InChI is InChI=1S/C16H15F2NOS/c1-10-3-6-14(11(2)7-10)19-16(20)9-21-15-8-12(17)4-5-13(15)18/h3-8H,9H2,1-2H3,(H,19,20). The first-order valence-electron chi connectivity index (χ1n) is 6.40. The Morgan fingerprint density at radius 2 is 1.90 bits per heavy atom. The van der Waals surface area contributed by atoms with Crippen LogP contribution in [-0.2, 0) is 4.79 Å². The topological polar surface area (TPSA) is 29.1 Å². The number of benzene rings is 2. The van der Waals surface area contributed by atoms with Crippen LogP contribution in [0.4, 0.5) is 14.5 Å². The third-order valence-corrected chi connectivity index (χ3v) is 3.94. The zero-order valence-electron chi connectivity index (χ0n) is 11.7. The Kier molecular flexibility index (Phi) is 4.96. The van der Waals surface area contributed by atoms with E-state index in [1.807, 2.05) is 32.0 Å². The van der Waals surface area contributed by atoms with Crippen LogP contribution in [0.25, 0.3) is 0 Å². The summed E-state index contributed by atoms with van der Waals surface area (Å²) in [5.74, 6) is -1.28. The lowest BCUT2D eigenvalue weighted by atomic mass is 10.1. The molecule has 0 bridgehead atoms. The van der Waals surface area contributed by atoms with E-state index < -0.39 is 11.6 Å². The Balaban J connectivity index is 1.97. The van der Waals surface area contributed by atoms with Gasteiger partial charge >= 0.3 is 0 Å². The molecule has 0 saturated heterocycles. The first-order valence-corrected chi connectivity index (χ1v) is 7.39. The van der Waals surface area contributed by atoms with Crippen molar-refractivity contribution in [1.82, 2.24) is 0 Å². The van der Waals surface area contributed by atoms with Crippen molar-refractivity contribution in [2.24, 2.45) is 0 Å². The molecule has 0 heterocycles. The molecule has 5 heteroatoms. The maximum absolute atomic E-state index is 13.4. The molecule has 2 aromatic rings. The third kappa shape index (κ3) is 4.29. The van der Waals surface area contributed by atoms with Crippen LogP contribution < -0.4 is 5.32 Å². The van der Waals surface area contributed by atoms with Crippen LogP contribution >= 0.6 is 11.8 Å². The molecule has 0 atom stereocenters. The summed E-state index contributed by atoms with van der Waals surface area (Å²) >= 11 is 0.971. The molecule has 0 unspecified atom stereocenters. The highest BCUT2D eigenvalue weighted by molar-refractivity contribution is 8.00. The fourth-order valence-corrected chi connectivity index (χ4v) is 2.63. The minimum atomic E-state index is -0.527. The van der Waals surface area contributed by atoms with E-state index in [0.29, 0.717) is 0 Å². The van der Waals surface area contributed by atoms with Gasteiger partial charge in [-0.05, 0) is 43.7 Å². The zero-order chi connectivity index (χ0) is 15.4. The van der Waals surface area contributed by atoms with Crippen molar-refractivity contribution in [2.45, 2.75) is 18.7 Å². The number of hydrogen-bond acceptors (Lipinski definition) is 2. The van der Waals surface area contributed by atoms with Gasteiger partial charge in [0.2, 0.25) is 5.91 Å². The molecular weight excluding hydrogens is 292 g/mol. The molecule has 0 radical (unpaired) electrons. The van der Waals surface area contributed by atoms with Gasteiger partial charge in [-0.1, -0.05) is 17.7 Å². The Hall–Kier alpha value is -1.88. The van der Waals surface area contributed by atoms with Crippen LogP contribution in [0.2, 0.25) is 0 Å². The van der Waals surface area contributed by atoms with Gasteiger partial charge in [-0.15, -0.1) is 11.8 Å². The van der Waals surface area contributed by atoms with Crippen molar-refractivity contribution in [3.63, 3.8) is 0 Å². The number of rotatable bonds is 4. The number of aryl methyl sites for hydroxylation is 2. The van der Waals surface area contributed by atoms with Gasteiger partial charge in [0.15, 0.2) is 0 Å². The summed E-state index contributed by atoms with van der Waals surface area (Å²) in [4.78, 5) is 12.0. The van der Waals surface area contributed by atoms with Crippen molar-refractivity contribution in [3.05, 3.63) is 59.2 Å². The Morgan fingerprint density at radius 1 is 1.14 bits per heavy atom. The van der Waals surface area contributed by atoms with E-state index in [-0.39, 0.29) is 16.6 Å². The average Bonchev–Trinajstić information content (AvgIpc) is 2.43. The van der Waals surface area contributed by atoms with Gasteiger partial charge in [0.05, 0.1) is 5.75 Å². The van der Waals surface area contributed by atoms with Crippen molar-refractivity contribution in [2.75, 3.05) is 11.1 Å². The van der Waals surface area contributed by atoms with Gasteiger partial charge in [-0.25, -0.2) is 8.78 Å². The van der Waals surface area contributed by atoms with Crippen LogP contribution in [-0.4, -0.2) is 11.7 Å². The Bertz CT molecular complexity index is 673. The Labute approximate surface area is 126 Å². The number of anilines is 1. The van der Waals surface area contributed by atoms with Crippen molar-refractivity contribution >= 4 is 23.4 Å². The lowest BCUT2D eigenvalue weighted by Gasteiger charge is -2.09. The van der Waals surface area contributed by atoms with E-state index >= 15 is 0 Å². The molecule has 0 aliphatic heterocycles. The summed E-state index contributed by atoms with van der Waals surface area (Å²) in [6, 6.07) is 8.90. The number of carbonyl (C=O) groups is 1. The zero-order valence-corrected chi connectivity index (χ0v) is 12.6. The molecule has 0 aromatic heterocycles. The van der Waals surface area contributed by atoms with E-state index in [2.05, 4.69) is 5.32 Å². The number of halogens is 2. The van der Waals surface area contributed by atoms with Gasteiger partial charge in [-0.2, -0.15) is 0 Å². The molecule has 0 fully saturated rings. The first kappa shape index (κ1) is 15.5. The van der Waals surface area contributed by atoms with Crippen LogP contribution in [0.5, 0.6) is 0 Å². The number of nitrogens with one attached hydrogen (secondary N) is 1. The van der Waals surface area contributed by atoms with Crippen molar-refractivity contribution < 1.29 is 13.6 Å². The second kappa shape index (κ2) is 6.72. The van der Waals surface area contributed by atoms with Gasteiger partial charge < -0.3 is 5.32 Å². The molecule has 2 rings (SSSR count). The summed E-state index contributed by atoms with van der Waals surface area (Å²) < 4.78 is 26.5. The minimum Gasteiger partial charge on any atom is -0.325 e. The van der Waals surface area contributed by atoms with Crippen LogP contribution in [0.3, 0.4) is 0 Å². The smallest absolute Gasteiger partial charge is 0.234 e. The lowest BCUT2D eigenvalue weighted by molar-refractivity contribution is -0.113. The van der Waals surface area contributed by atoms with Gasteiger partial charge in [0, 0.05) is 10.6 Å². The first-order chi connectivity index (χ1) is 9.95. The largest absolute Gasteiger partial charge is 0.325 e. The maximum Gasteiger partial charge on any atom is 0.234 e. The Morgan fingerprint density at radius 3 is 2.62 bits per heavy atom. The van der Waals surface area contributed by atoms with E-state index in [4.69, 9.17) is 0 Å². The maximum atomic E-state index is 13.4. The van der Waals surface area contributed by atoms with Crippen LogP contribution in [0, 0.1) is 25.5 Å². The highest BCUT2D eigenvalue weighted by Gasteiger charge is 2.09. The van der Waals surface area contributed by atoms with Crippen molar-refractivity contribution in [3.8, 4) is 0 Å². The molecule has 0 spiro atoms. The second-order valence-corrected chi connectivity index (χ2v) is 5.75. The van der Waals surface area contributed by atoms with Crippen LogP contribution in [0.1, 0.15) is 11.1 Å².